The Labute approximate surface area is 79.0 Å². The Morgan fingerprint density at radius 2 is 1.92 bits per heavy atom. The Kier molecular flexibility index (Phi) is 7.57. The average Bonchev–Trinajstić information content (AvgIpc) is 2.14. The Bertz CT molecular complexity index is 140. The zero-order valence-electron chi connectivity index (χ0n) is 7.96. The van der Waals surface area contributed by atoms with E-state index in [9.17, 15) is 4.79 Å². The molecule has 0 aromatic heterocycles. The first-order valence-corrected chi connectivity index (χ1v) is 4.65. The van der Waals surface area contributed by atoms with Crippen LogP contribution in [0.15, 0.2) is 0 Å². The predicted octanol–water partition coefficient (Wildman–Crippen LogP) is -1.48. The molecule has 0 aliphatic rings. The van der Waals surface area contributed by atoms with Crippen LogP contribution < -0.4 is 22.5 Å². The number of hydrogen-bond donors (Lipinski definition) is 4. The van der Waals surface area contributed by atoms with Crippen LogP contribution in [0.5, 0.6) is 0 Å². The highest BCUT2D eigenvalue weighted by Crippen LogP contribution is 1.97. The van der Waals surface area contributed by atoms with Gasteiger partial charge in [0.25, 0.3) is 0 Å². The lowest BCUT2D eigenvalue weighted by molar-refractivity contribution is -0.122. The molecular weight excluding hydrogens is 168 g/mol. The molecule has 0 aromatic carbocycles. The van der Waals surface area contributed by atoms with Gasteiger partial charge in [-0.05, 0) is 19.4 Å². The van der Waals surface area contributed by atoms with E-state index in [1.807, 2.05) is 0 Å². The Morgan fingerprint density at radius 3 is 2.46 bits per heavy atom. The van der Waals surface area contributed by atoms with Crippen molar-refractivity contribution < 1.29 is 4.79 Å². The maximum atomic E-state index is 11.2. The van der Waals surface area contributed by atoms with Gasteiger partial charge in [0.1, 0.15) is 0 Å². The molecule has 78 valence electrons. The second-order valence-electron chi connectivity index (χ2n) is 2.97. The van der Waals surface area contributed by atoms with E-state index in [-0.39, 0.29) is 5.91 Å². The van der Waals surface area contributed by atoms with Crippen molar-refractivity contribution >= 4 is 5.91 Å². The maximum Gasteiger partial charge on any atom is 0.236 e. The molecule has 5 heteroatoms. The molecule has 0 radical (unpaired) electrons. The molecule has 13 heavy (non-hydrogen) atoms. The van der Waals surface area contributed by atoms with Crippen LogP contribution in [0.3, 0.4) is 0 Å². The van der Waals surface area contributed by atoms with Gasteiger partial charge in [-0.25, -0.2) is 0 Å². The lowest BCUT2D eigenvalue weighted by Gasteiger charge is -2.10. The minimum Gasteiger partial charge on any atom is -0.353 e. The second kappa shape index (κ2) is 7.97. The van der Waals surface area contributed by atoms with Crippen LogP contribution >= 0.6 is 0 Å². The van der Waals surface area contributed by atoms with E-state index in [0.29, 0.717) is 26.1 Å². The first-order valence-electron chi connectivity index (χ1n) is 4.65. The molecule has 0 aliphatic carbocycles. The standard InChI is InChI=1S/C8H20N4O/c9-4-2-1-3-7(11)8(13)12-6-5-10/h7H,1-6,9-11H2,(H,12,13)/t7-/m1/s1. The largest absolute Gasteiger partial charge is 0.353 e. The van der Waals surface area contributed by atoms with Gasteiger partial charge in [0.2, 0.25) is 5.91 Å². The Hall–Kier alpha value is -0.650. The molecule has 0 fully saturated rings. The lowest BCUT2D eigenvalue weighted by Crippen LogP contribution is -2.42. The van der Waals surface area contributed by atoms with Gasteiger partial charge >= 0.3 is 0 Å². The third-order valence-corrected chi connectivity index (χ3v) is 1.75. The number of rotatable bonds is 7. The van der Waals surface area contributed by atoms with Gasteiger partial charge in [-0.2, -0.15) is 0 Å². The summed E-state index contributed by atoms with van der Waals surface area (Å²) in [6.45, 7) is 1.59. The van der Waals surface area contributed by atoms with Gasteiger partial charge in [0.05, 0.1) is 6.04 Å². The Balaban J connectivity index is 3.45. The van der Waals surface area contributed by atoms with Crippen molar-refractivity contribution in [2.45, 2.75) is 25.3 Å². The molecule has 0 aromatic rings. The monoisotopic (exact) mass is 188 g/mol. The van der Waals surface area contributed by atoms with Crippen LogP contribution in [0.2, 0.25) is 0 Å². The third kappa shape index (κ3) is 6.51. The van der Waals surface area contributed by atoms with Crippen molar-refractivity contribution in [3.8, 4) is 0 Å². The smallest absolute Gasteiger partial charge is 0.236 e. The van der Waals surface area contributed by atoms with Crippen molar-refractivity contribution in [3.63, 3.8) is 0 Å². The van der Waals surface area contributed by atoms with Gasteiger partial charge in [-0.3, -0.25) is 4.79 Å². The van der Waals surface area contributed by atoms with Crippen molar-refractivity contribution in [3.05, 3.63) is 0 Å². The molecule has 0 unspecified atom stereocenters. The summed E-state index contributed by atoms with van der Waals surface area (Å²) in [4.78, 5) is 11.2. The molecule has 0 rings (SSSR count). The number of hydrogen-bond acceptors (Lipinski definition) is 4. The maximum absolute atomic E-state index is 11.2. The summed E-state index contributed by atoms with van der Waals surface area (Å²) in [7, 11) is 0. The zero-order chi connectivity index (χ0) is 10.1. The quantitative estimate of drug-likeness (QED) is 0.365. The highest BCUT2D eigenvalue weighted by molar-refractivity contribution is 5.81. The summed E-state index contributed by atoms with van der Waals surface area (Å²) in [5.41, 5.74) is 16.1. The van der Waals surface area contributed by atoms with Crippen molar-refractivity contribution in [2.24, 2.45) is 17.2 Å². The normalized spacial score (nSPS) is 12.5. The fourth-order valence-corrected chi connectivity index (χ4v) is 0.966. The summed E-state index contributed by atoms with van der Waals surface area (Å²) in [5, 5.41) is 2.64. The first kappa shape index (κ1) is 12.3. The molecule has 0 bridgehead atoms. The number of nitrogens with one attached hydrogen (secondary N) is 1. The average molecular weight is 188 g/mol. The van der Waals surface area contributed by atoms with Crippen LogP contribution in [0.1, 0.15) is 19.3 Å². The molecule has 0 spiro atoms. The van der Waals surface area contributed by atoms with E-state index < -0.39 is 6.04 Å². The third-order valence-electron chi connectivity index (χ3n) is 1.75. The van der Waals surface area contributed by atoms with Gasteiger partial charge in [-0.15, -0.1) is 0 Å². The molecule has 1 amide bonds. The van der Waals surface area contributed by atoms with Gasteiger partial charge in [0, 0.05) is 13.1 Å². The van der Waals surface area contributed by atoms with Gasteiger partial charge in [0.15, 0.2) is 0 Å². The van der Waals surface area contributed by atoms with Crippen molar-refractivity contribution in [2.75, 3.05) is 19.6 Å². The summed E-state index contributed by atoms with van der Waals surface area (Å²) >= 11 is 0. The number of unbranched alkanes of at least 4 members (excludes halogenated alkanes) is 1. The van der Waals surface area contributed by atoms with Crippen LogP contribution in [0.4, 0.5) is 0 Å². The molecule has 0 aliphatic heterocycles. The van der Waals surface area contributed by atoms with E-state index in [4.69, 9.17) is 17.2 Å². The molecule has 5 nitrogen and oxygen atoms in total. The fraction of sp³-hybridized carbons (Fsp3) is 0.875. The highest BCUT2D eigenvalue weighted by Gasteiger charge is 2.11. The van der Waals surface area contributed by atoms with E-state index in [1.165, 1.54) is 0 Å². The topological polar surface area (TPSA) is 107 Å². The lowest BCUT2D eigenvalue weighted by atomic mass is 10.1. The second-order valence-corrected chi connectivity index (χ2v) is 2.97. The van der Waals surface area contributed by atoms with Crippen LogP contribution in [-0.4, -0.2) is 31.6 Å². The van der Waals surface area contributed by atoms with Crippen molar-refractivity contribution in [1.29, 1.82) is 0 Å². The molecule has 1 atom stereocenters. The number of carbonyl (C=O) groups is 1. The Morgan fingerprint density at radius 1 is 1.23 bits per heavy atom. The molecule has 0 heterocycles. The van der Waals surface area contributed by atoms with Gasteiger partial charge < -0.3 is 22.5 Å². The van der Waals surface area contributed by atoms with Crippen LogP contribution in [0.25, 0.3) is 0 Å². The molecule has 0 saturated heterocycles. The van der Waals surface area contributed by atoms with E-state index in [1.54, 1.807) is 0 Å². The zero-order valence-corrected chi connectivity index (χ0v) is 7.96. The minimum absolute atomic E-state index is 0.123. The fourth-order valence-electron chi connectivity index (χ4n) is 0.966. The predicted molar refractivity (Wildman–Crippen MR) is 52.9 cm³/mol. The van der Waals surface area contributed by atoms with E-state index in [2.05, 4.69) is 5.32 Å². The highest BCUT2D eigenvalue weighted by atomic mass is 16.2. The number of amides is 1. The minimum atomic E-state index is -0.418. The number of nitrogens with two attached hydrogens (primary N) is 3. The summed E-state index contributed by atoms with van der Waals surface area (Å²) in [6.07, 6.45) is 2.50. The SMILES string of the molecule is NCCCC[C@@H](N)C(=O)NCCN. The van der Waals surface area contributed by atoms with Crippen molar-refractivity contribution in [1.82, 2.24) is 5.32 Å². The summed E-state index contributed by atoms with van der Waals surface area (Å²) in [5.74, 6) is -0.123. The summed E-state index contributed by atoms with van der Waals surface area (Å²) < 4.78 is 0. The number of carbonyl (C=O) groups excluding carboxylic acids is 1. The van der Waals surface area contributed by atoms with Crippen LogP contribution in [-0.2, 0) is 4.79 Å². The molecule has 7 N–H and O–H groups in total. The van der Waals surface area contributed by atoms with E-state index >= 15 is 0 Å². The van der Waals surface area contributed by atoms with Gasteiger partial charge in [-0.1, -0.05) is 6.42 Å². The summed E-state index contributed by atoms with van der Waals surface area (Å²) in [6, 6.07) is -0.418. The van der Waals surface area contributed by atoms with E-state index in [0.717, 1.165) is 12.8 Å². The van der Waals surface area contributed by atoms with Crippen LogP contribution in [0, 0.1) is 0 Å². The molecule has 0 saturated carbocycles. The first-order chi connectivity index (χ1) is 6.22. The molecular formula is C8H20N4O.